The second-order valence-electron chi connectivity index (χ2n) is 2.75. The Kier molecular flexibility index (Phi) is 3.16. The molecule has 0 aromatic carbocycles. The molecule has 1 fully saturated rings. The molecule has 0 heterocycles. The van der Waals surface area contributed by atoms with E-state index in [1.807, 2.05) is 7.05 Å². The summed E-state index contributed by atoms with van der Waals surface area (Å²) >= 11 is 0. The molecule has 0 aromatic rings. The third kappa shape index (κ3) is 2.08. The van der Waals surface area contributed by atoms with Gasteiger partial charge in [0.05, 0.1) is 0 Å². The average Bonchev–Trinajstić information content (AvgIpc) is 1.99. The van der Waals surface area contributed by atoms with Gasteiger partial charge in [-0.05, 0) is 31.3 Å². The summed E-state index contributed by atoms with van der Waals surface area (Å²) in [5.41, 5.74) is 14.1. The highest BCUT2D eigenvalue weighted by Crippen LogP contribution is 2.26. The lowest BCUT2D eigenvalue weighted by molar-refractivity contribution is 0.201. The maximum absolute atomic E-state index is 8.07. The fraction of sp³-hybridized carbons (Fsp3) is 1.00. The van der Waals surface area contributed by atoms with Crippen molar-refractivity contribution in [2.45, 2.75) is 18.9 Å². The monoisotopic (exact) mass is 155 g/mol. The van der Waals surface area contributed by atoms with Crippen molar-refractivity contribution in [2.75, 3.05) is 13.6 Å². The lowest BCUT2D eigenvalue weighted by Crippen LogP contribution is -2.50. The minimum atomic E-state index is 0.491. The molecule has 0 saturated heterocycles. The summed E-state index contributed by atoms with van der Waals surface area (Å²) in [6.45, 7) is 0.621. The van der Waals surface area contributed by atoms with Crippen molar-refractivity contribution in [3.05, 3.63) is 10.4 Å². The van der Waals surface area contributed by atoms with Crippen molar-refractivity contribution in [3.8, 4) is 0 Å². The Hall–Kier alpha value is -0.770. The Balaban J connectivity index is 2.19. The van der Waals surface area contributed by atoms with Crippen LogP contribution in [0.4, 0.5) is 0 Å². The van der Waals surface area contributed by atoms with Crippen molar-refractivity contribution in [2.24, 2.45) is 11.0 Å². The SMILES string of the molecule is CNNC1CCC1CN=[N+]=[N-]. The third-order valence-corrected chi connectivity index (χ3v) is 2.13. The molecule has 0 spiro atoms. The normalized spacial score (nSPS) is 28.8. The van der Waals surface area contributed by atoms with Crippen LogP contribution in [0, 0.1) is 5.92 Å². The quantitative estimate of drug-likeness (QED) is 0.273. The number of azide groups is 1. The number of hydrogen-bond acceptors (Lipinski definition) is 3. The number of hydrazine groups is 1. The van der Waals surface area contributed by atoms with Gasteiger partial charge in [-0.25, -0.2) is 0 Å². The molecular weight excluding hydrogens is 142 g/mol. The van der Waals surface area contributed by atoms with E-state index in [0.717, 1.165) is 0 Å². The van der Waals surface area contributed by atoms with Crippen LogP contribution in [-0.4, -0.2) is 19.6 Å². The number of nitrogens with zero attached hydrogens (tertiary/aromatic N) is 3. The minimum absolute atomic E-state index is 0.491. The molecular formula is C6H13N5. The van der Waals surface area contributed by atoms with Gasteiger partial charge < -0.3 is 0 Å². The second-order valence-corrected chi connectivity index (χ2v) is 2.75. The molecule has 1 aliphatic carbocycles. The zero-order valence-corrected chi connectivity index (χ0v) is 6.62. The Labute approximate surface area is 65.8 Å². The largest absolute Gasteiger partial charge is 0.261 e. The standard InChI is InChI=1S/C6H13N5/c1-8-10-6-3-2-5(6)4-9-11-7/h5-6,8,10H,2-4H2,1H3. The molecule has 62 valence electrons. The Morgan fingerprint density at radius 1 is 1.64 bits per heavy atom. The van der Waals surface area contributed by atoms with E-state index in [4.69, 9.17) is 5.53 Å². The van der Waals surface area contributed by atoms with E-state index in [1.165, 1.54) is 12.8 Å². The van der Waals surface area contributed by atoms with E-state index in [-0.39, 0.29) is 0 Å². The first-order valence-corrected chi connectivity index (χ1v) is 3.81. The van der Waals surface area contributed by atoms with Crippen LogP contribution in [0.3, 0.4) is 0 Å². The molecule has 11 heavy (non-hydrogen) atoms. The molecule has 1 rings (SSSR count). The molecule has 1 aliphatic rings. The molecule has 2 atom stereocenters. The maximum Gasteiger partial charge on any atom is 0.0301 e. The van der Waals surface area contributed by atoms with Crippen LogP contribution in [-0.2, 0) is 0 Å². The predicted molar refractivity (Wildman–Crippen MR) is 42.7 cm³/mol. The molecule has 2 unspecified atom stereocenters. The van der Waals surface area contributed by atoms with Crippen molar-refractivity contribution in [1.82, 2.24) is 10.9 Å². The van der Waals surface area contributed by atoms with Crippen molar-refractivity contribution < 1.29 is 0 Å². The van der Waals surface area contributed by atoms with Gasteiger partial charge in [0, 0.05) is 17.5 Å². The van der Waals surface area contributed by atoms with E-state index in [9.17, 15) is 0 Å². The molecule has 0 aliphatic heterocycles. The van der Waals surface area contributed by atoms with Crippen LogP contribution in [0.2, 0.25) is 0 Å². The van der Waals surface area contributed by atoms with Gasteiger partial charge in [0.1, 0.15) is 0 Å². The molecule has 0 radical (unpaired) electrons. The zero-order valence-electron chi connectivity index (χ0n) is 6.62. The van der Waals surface area contributed by atoms with E-state index in [1.54, 1.807) is 0 Å². The highest BCUT2D eigenvalue weighted by atomic mass is 15.4. The van der Waals surface area contributed by atoms with E-state index in [0.29, 0.717) is 18.5 Å². The topological polar surface area (TPSA) is 72.8 Å². The molecule has 5 heteroatoms. The summed E-state index contributed by atoms with van der Waals surface area (Å²) < 4.78 is 0. The predicted octanol–water partition coefficient (Wildman–Crippen LogP) is 0.799. The first-order chi connectivity index (χ1) is 5.38. The van der Waals surface area contributed by atoms with Crippen LogP contribution in [0.5, 0.6) is 0 Å². The summed E-state index contributed by atoms with van der Waals surface area (Å²) in [6.07, 6.45) is 2.34. The number of rotatable bonds is 4. The van der Waals surface area contributed by atoms with E-state index < -0.39 is 0 Å². The van der Waals surface area contributed by atoms with Crippen molar-refractivity contribution in [1.29, 1.82) is 0 Å². The maximum atomic E-state index is 8.07. The zero-order chi connectivity index (χ0) is 8.10. The van der Waals surface area contributed by atoms with Gasteiger partial charge in [-0.15, -0.1) is 0 Å². The molecule has 0 amide bonds. The average molecular weight is 155 g/mol. The third-order valence-electron chi connectivity index (χ3n) is 2.13. The Morgan fingerprint density at radius 3 is 2.91 bits per heavy atom. The minimum Gasteiger partial charge on any atom is -0.261 e. The Bertz CT molecular complexity index is 162. The van der Waals surface area contributed by atoms with Gasteiger partial charge in [-0.2, -0.15) is 0 Å². The van der Waals surface area contributed by atoms with Gasteiger partial charge in [0.25, 0.3) is 0 Å². The molecule has 5 nitrogen and oxygen atoms in total. The first kappa shape index (κ1) is 8.33. The lowest BCUT2D eigenvalue weighted by atomic mass is 9.80. The van der Waals surface area contributed by atoms with Gasteiger partial charge in [0.15, 0.2) is 0 Å². The summed E-state index contributed by atoms with van der Waals surface area (Å²) in [5.74, 6) is 0.526. The van der Waals surface area contributed by atoms with Gasteiger partial charge >= 0.3 is 0 Å². The van der Waals surface area contributed by atoms with E-state index in [2.05, 4.69) is 20.9 Å². The number of nitrogens with one attached hydrogen (secondary N) is 2. The summed E-state index contributed by atoms with van der Waals surface area (Å²) in [7, 11) is 1.85. The fourth-order valence-corrected chi connectivity index (χ4v) is 1.30. The highest BCUT2D eigenvalue weighted by Gasteiger charge is 2.29. The lowest BCUT2D eigenvalue weighted by Gasteiger charge is -2.35. The Morgan fingerprint density at radius 2 is 2.45 bits per heavy atom. The molecule has 0 bridgehead atoms. The van der Waals surface area contributed by atoms with Gasteiger partial charge in [0.2, 0.25) is 0 Å². The summed E-state index contributed by atoms with van der Waals surface area (Å²) in [5, 5.41) is 3.54. The fourth-order valence-electron chi connectivity index (χ4n) is 1.30. The van der Waals surface area contributed by atoms with Crippen LogP contribution in [0.25, 0.3) is 10.4 Å². The molecule has 2 N–H and O–H groups in total. The van der Waals surface area contributed by atoms with Crippen molar-refractivity contribution >= 4 is 0 Å². The molecule has 1 saturated carbocycles. The van der Waals surface area contributed by atoms with Crippen molar-refractivity contribution in [3.63, 3.8) is 0 Å². The first-order valence-electron chi connectivity index (χ1n) is 3.81. The highest BCUT2D eigenvalue weighted by molar-refractivity contribution is 4.86. The molecule has 0 aromatic heterocycles. The summed E-state index contributed by atoms with van der Waals surface area (Å²) in [6, 6.07) is 0.491. The van der Waals surface area contributed by atoms with Gasteiger partial charge in [-0.1, -0.05) is 5.11 Å². The number of hydrogen-bond donors (Lipinski definition) is 2. The van der Waals surface area contributed by atoms with Crippen LogP contribution < -0.4 is 10.9 Å². The summed E-state index contributed by atoms with van der Waals surface area (Å²) in [4.78, 5) is 2.73. The smallest absolute Gasteiger partial charge is 0.0301 e. The van der Waals surface area contributed by atoms with Crippen LogP contribution >= 0.6 is 0 Å². The van der Waals surface area contributed by atoms with Gasteiger partial charge in [-0.3, -0.25) is 10.9 Å². The van der Waals surface area contributed by atoms with Crippen LogP contribution in [0.1, 0.15) is 12.8 Å². The second kappa shape index (κ2) is 4.18. The van der Waals surface area contributed by atoms with E-state index >= 15 is 0 Å². The van der Waals surface area contributed by atoms with Crippen LogP contribution in [0.15, 0.2) is 5.11 Å².